The number of nitrogens with one attached hydrogen (secondary N) is 2. The van der Waals surface area contributed by atoms with Crippen molar-refractivity contribution in [2.24, 2.45) is 0 Å². The van der Waals surface area contributed by atoms with Gasteiger partial charge in [0.05, 0.1) is 10.7 Å². The molecule has 2 N–H and O–H groups in total. The molecule has 7 heteroatoms. The van der Waals surface area contributed by atoms with Gasteiger partial charge in [-0.1, -0.05) is 24.3 Å². The van der Waals surface area contributed by atoms with E-state index >= 15 is 0 Å². The molecule has 0 atom stereocenters. The summed E-state index contributed by atoms with van der Waals surface area (Å²) in [6.45, 7) is 8.19. The third-order valence-corrected chi connectivity index (χ3v) is 4.40. The van der Waals surface area contributed by atoms with Crippen LogP contribution in [0, 0.1) is 6.92 Å². The summed E-state index contributed by atoms with van der Waals surface area (Å²) >= 11 is 1.64. The fourth-order valence-corrected chi connectivity index (χ4v) is 2.99. The number of hydrogen-bond donors (Lipinski definition) is 2. The number of ether oxygens (including phenoxy) is 1. The molecule has 0 unspecified atom stereocenters. The zero-order valence-corrected chi connectivity index (χ0v) is 17.1. The van der Waals surface area contributed by atoms with Gasteiger partial charge < -0.3 is 15.4 Å². The molecule has 0 aliphatic carbocycles. The Morgan fingerprint density at radius 3 is 2.41 bits per heavy atom. The van der Waals surface area contributed by atoms with E-state index < -0.39 is 11.7 Å². The van der Waals surface area contributed by atoms with Crippen LogP contribution in [-0.2, 0) is 16.0 Å². The van der Waals surface area contributed by atoms with Crippen LogP contribution in [0.4, 0.5) is 4.79 Å². The Bertz CT molecular complexity index is 764. The van der Waals surface area contributed by atoms with Crippen LogP contribution in [0.15, 0.2) is 29.6 Å². The highest BCUT2D eigenvalue weighted by atomic mass is 32.1. The van der Waals surface area contributed by atoms with Gasteiger partial charge in [-0.3, -0.25) is 4.79 Å². The molecule has 0 saturated heterocycles. The van der Waals surface area contributed by atoms with Gasteiger partial charge in [0.25, 0.3) is 0 Å². The average molecular weight is 390 g/mol. The van der Waals surface area contributed by atoms with Crippen molar-refractivity contribution in [1.82, 2.24) is 15.6 Å². The average Bonchev–Trinajstić information content (AvgIpc) is 3.00. The molecule has 0 bridgehead atoms. The molecule has 1 heterocycles. The van der Waals surface area contributed by atoms with Crippen molar-refractivity contribution in [1.29, 1.82) is 0 Å². The molecule has 0 saturated carbocycles. The number of rotatable bonds is 7. The Hall–Kier alpha value is -2.41. The van der Waals surface area contributed by atoms with Gasteiger partial charge in [0.1, 0.15) is 5.60 Å². The molecule has 0 aliphatic heterocycles. The van der Waals surface area contributed by atoms with Gasteiger partial charge in [0, 0.05) is 30.5 Å². The van der Waals surface area contributed by atoms with E-state index in [0.29, 0.717) is 6.54 Å². The van der Waals surface area contributed by atoms with Crippen LogP contribution in [0.1, 0.15) is 37.8 Å². The number of carbonyl (C=O) groups excluding carboxylic acids is 2. The number of benzene rings is 1. The molecule has 0 spiro atoms. The van der Waals surface area contributed by atoms with Gasteiger partial charge in [0.2, 0.25) is 5.91 Å². The fraction of sp³-hybridized carbons (Fsp3) is 0.450. The van der Waals surface area contributed by atoms with Gasteiger partial charge in [-0.15, -0.1) is 11.3 Å². The Kier molecular flexibility index (Phi) is 7.36. The van der Waals surface area contributed by atoms with Crippen molar-refractivity contribution >= 4 is 23.3 Å². The summed E-state index contributed by atoms with van der Waals surface area (Å²) in [4.78, 5) is 27.8. The second-order valence-corrected chi connectivity index (χ2v) is 8.29. The van der Waals surface area contributed by atoms with E-state index in [1.165, 1.54) is 0 Å². The second-order valence-electron chi connectivity index (χ2n) is 7.23. The van der Waals surface area contributed by atoms with Crippen molar-refractivity contribution in [2.75, 3.05) is 13.1 Å². The maximum atomic E-state index is 11.8. The molecular formula is C20H27N3O3S. The van der Waals surface area contributed by atoms with Gasteiger partial charge in [-0.05, 0) is 39.7 Å². The highest BCUT2D eigenvalue weighted by molar-refractivity contribution is 7.09. The van der Waals surface area contributed by atoms with E-state index in [4.69, 9.17) is 4.74 Å². The molecule has 146 valence electrons. The second kappa shape index (κ2) is 9.50. The third kappa shape index (κ3) is 7.78. The zero-order valence-electron chi connectivity index (χ0n) is 16.3. The van der Waals surface area contributed by atoms with Crippen molar-refractivity contribution < 1.29 is 14.3 Å². The first kappa shape index (κ1) is 20.9. The number of carbonyl (C=O) groups is 2. The quantitative estimate of drug-likeness (QED) is 0.757. The molecule has 0 radical (unpaired) electrons. The maximum absolute atomic E-state index is 11.8. The summed E-state index contributed by atoms with van der Waals surface area (Å²) in [6, 6.07) is 8.22. The Morgan fingerprint density at radius 1 is 1.11 bits per heavy atom. The number of hydrogen-bond acceptors (Lipinski definition) is 5. The van der Waals surface area contributed by atoms with Crippen molar-refractivity contribution in [3.8, 4) is 11.3 Å². The van der Waals surface area contributed by atoms with E-state index in [0.717, 1.165) is 28.2 Å². The van der Waals surface area contributed by atoms with Crippen LogP contribution in [-0.4, -0.2) is 35.7 Å². The van der Waals surface area contributed by atoms with E-state index in [2.05, 4.69) is 45.3 Å². The summed E-state index contributed by atoms with van der Waals surface area (Å²) in [5.74, 6) is -0.0966. The van der Waals surface area contributed by atoms with E-state index in [-0.39, 0.29) is 18.9 Å². The summed E-state index contributed by atoms with van der Waals surface area (Å²) in [7, 11) is 0. The van der Waals surface area contributed by atoms with Crippen molar-refractivity contribution in [3.05, 3.63) is 40.2 Å². The van der Waals surface area contributed by atoms with Crippen LogP contribution >= 0.6 is 11.3 Å². The molecule has 1 aromatic carbocycles. The summed E-state index contributed by atoms with van der Waals surface area (Å²) in [6.07, 6.45) is 0.467. The van der Waals surface area contributed by atoms with Gasteiger partial charge >= 0.3 is 6.09 Å². The standard InChI is InChI=1S/C20H27N3O3S/c1-14-23-17(13-27-14)16-7-5-15(6-8-16)9-11-21-18(24)10-12-22-19(25)26-20(2,3)4/h5-8,13H,9-12H2,1-4H3,(H,21,24)(H,22,25). The summed E-state index contributed by atoms with van der Waals surface area (Å²) in [5.41, 5.74) is 2.70. The molecular weight excluding hydrogens is 362 g/mol. The van der Waals surface area contributed by atoms with Crippen molar-refractivity contribution in [2.45, 2.75) is 46.1 Å². The SMILES string of the molecule is Cc1nc(-c2ccc(CCNC(=O)CCNC(=O)OC(C)(C)C)cc2)cs1. The lowest BCUT2D eigenvalue weighted by atomic mass is 10.1. The monoisotopic (exact) mass is 389 g/mol. The molecule has 27 heavy (non-hydrogen) atoms. The first-order valence-electron chi connectivity index (χ1n) is 8.98. The minimum atomic E-state index is -0.541. The Balaban J connectivity index is 1.65. The van der Waals surface area contributed by atoms with Crippen LogP contribution in [0.3, 0.4) is 0 Å². The lowest BCUT2D eigenvalue weighted by molar-refractivity contribution is -0.120. The predicted molar refractivity (Wildman–Crippen MR) is 108 cm³/mol. The summed E-state index contributed by atoms with van der Waals surface area (Å²) < 4.78 is 5.12. The maximum Gasteiger partial charge on any atom is 0.407 e. The van der Waals surface area contributed by atoms with E-state index in [9.17, 15) is 9.59 Å². The molecule has 0 fully saturated rings. The van der Waals surface area contributed by atoms with Crippen LogP contribution in [0.2, 0.25) is 0 Å². The van der Waals surface area contributed by atoms with Crippen LogP contribution in [0.25, 0.3) is 11.3 Å². The lowest BCUT2D eigenvalue weighted by Gasteiger charge is -2.19. The minimum absolute atomic E-state index is 0.0966. The third-order valence-electron chi connectivity index (χ3n) is 3.62. The van der Waals surface area contributed by atoms with E-state index in [1.54, 1.807) is 32.1 Å². The highest BCUT2D eigenvalue weighted by Crippen LogP contribution is 2.21. The number of thiazole rings is 1. The number of alkyl carbamates (subject to hydrolysis) is 1. The summed E-state index contributed by atoms with van der Waals surface area (Å²) in [5, 5.41) is 8.54. The Labute approximate surface area is 164 Å². The number of aromatic nitrogens is 1. The van der Waals surface area contributed by atoms with Gasteiger partial charge in [-0.25, -0.2) is 9.78 Å². The zero-order chi connectivity index (χ0) is 19.9. The minimum Gasteiger partial charge on any atom is -0.444 e. The topological polar surface area (TPSA) is 80.3 Å². The first-order valence-corrected chi connectivity index (χ1v) is 9.86. The largest absolute Gasteiger partial charge is 0.444 e. The Morgan fingerprint density at radius 2 is 1.81 bits per heavy atom. The molecule has 6 nitrogen and oxygen atoms in total. The van der Waals surface area contributed by atoms with Crippen LogP contribution in [0.5, 0.6) is 0 Å². The van der Waals surface area contributed by atoms with Crippen molar-refractivity contribution in [3.63, 3.8) is 0 Å². The van der Waals surface area contributed by atoms with E-state index in [1.807, 2.05) is 6.92 Å². The molecule has 2 amide bonds. The van der Waals surface area contributed by atoms with Gasteiger partial charge in [-0.2, -0.15) is 0 Å². The molecule has 0 aliphatic rings. The first-order chi connectivity index (χ1) is 12.7. The smallest absolute Gasteiger partial charge is 0.407 e. The molecule has 1 aromatic heterocycles. The van der Waals surface area contributed by atoms with Crippen LogP contribution < -0.4 is 10.6 Å². The fourth-order valence-electron chi connectivity index (χ4n) is 2.37. The number of aryl methyl sites for hydroxylation is 1. The van der Waals surface area contributed by atoms with Gasteiger partial charge in [0.15, 0.2) is 0 Å². The number of amides is 2. The highest BCUT2D eigenvalue weighted by Gasteiger charge is 2.15. The molecule has 2 rings (SSSR count). The molecule has 2 aromatic rings. The predicted octanol–water partition coefficient (Wildman–Crippen LogP) is 3.69. The lowest BCUT2D eigenvalue weighted by Crippen LogP contribution is -2.35. The number of nitrogens with zero attached hydrogens (tertiary/aromatic N) is 1. The normalized spacial score (nSPS) is 11.1.